The lowest BCUT2D eigenvalue weighted by atomic mass is 9.99. The third-order valence-corrected chi connectivity index (χ3v) is 2.91. The first kappa shape index (κ1) is 12.4. The highest BCUT2D eigenvalue weighted by molar-refractivity contribution is 5.91. The largest absolute Gasteiger partial charge is 0.496 e. The van der Waals surface area contributed by atoms with Crippen LogP contribution in [0.3, 0.4) is 0 Å². The van der Waals surface area contributed by atoms with Crippen LogP contribution in [0.1, 0.15) is 16.8 Å². The maximum Gasteiger partial charge on any atom is 0.307 e. The molecule has 1 aromatic heterocycles. The van der Waals surface area contributed by atoms with Crippen LogP contribution in [0.2, 0.25) is 0 Å². The predicted molar refractivity (Wildman–Crippen MR) is 69.1 cm³/mol. The van der Waals surface area contributed by atoms with E-state index in [-0.39, 0.29) is 6.42 Å². The fourth-order valence-corrected chi connectivity index (χ4v) is 2.28. The van der Waals surface area contributed by atoms with Gasteiger partial charge in [-0.1, -0.05) is 0 Å². The number of aryl methyl sites for hydroxylation is 2. The van der Waals surface area contributed by atoms with Crippen LogP contribution < -0.4 is 4.74 Å². The number of nitrogens with zero attached hydrogens (tertiary/aromatic N) is 1. The summed E-state index contributed by atoms with van der Waals surface area (Å²) >= 11 is 0. The van der Waals surface area contributed by atoms with Crippen molar-refractivity contribution < 1.29 is 14.6 Å². The van der Waals surface area contributed by atoms with Gasteiger partial charge >= 0.3 is 5.97 Å². The molecule has 0 saturated carbocycles. The topological polar surface area (TPSA) is 59.4 Å². The molecule has 1 heterocycles. The van der Waals surface area contributed by atoms with Crippen LogP contribution in [0.4, 0.5) is 0 Å². The molecule has 0 aliphatic heterocycles. The summed E-state index contributed by atoms with van der Waals surface area (Å²) < 4.78 is 5.25. The van der Waals surface area contributed by atoms with E-state index >= 15 is 0 Å². The van der Waals surface area contributed by atoms with Gasteiger partial charge in [0.1, 0.15) is 5.75 Å². The van der Waals surface area contributed by atoms with E-state index in [0.717, 1.165) is 22.2 Å². The fourth-order valence-electron chi connectivity index (χ4n) is 2.28. The molecule has 0 saturated heterocycles. The second-order valence-electron chi connectivity index (χ2n) is 4.29. The van der Waals surface area contributed by atoms with Crippen LogP contribution in [-0.4, -0.2) is 23.2 Å². The van der Waals surface area contributed by atoms with Gasteiger partial charge in [0.15, 0.2) is 0 Å². The molecule has 0 unspecified atom stereocenters. The van der Waals surface area contributed by atoms with Gasteiger partial charge < -0.3 is 9.84 Å². The van der Waals surface area contributed by atoms with Crippen LogP contribution in [0.15, 0.2) is 18.2 Å². The van der Waals surface area contributed by atoms with Crippen molar-refractivity contribution >= 4 is 16.9 Å². The summed E-state index contributed by atoms with van der Waals surface area (Å²) in [6.45, 7) is 3.88. The van der Waals surface area contributed by atoms with E-state index in [2.05, 4.69) is 4.98 Å². The Bertz CT molecular complexity index is 620. The van der Waals surface area contributed by atoms with E-state index in [9.17, 15) is 4.79 Å². The van der Waals surface area contributed by atoms with Crippen molar-refractivity contribution in [2.24, 2.45) is 0 Å². The smallest absolute Gasteiger partial charge is 0.307 e. The van der Waals surface area contributed by atoms with E-state index in [1.54, 1.807) is 13.2 Å². The SMILES string of the molecule is COc1ccc2nc(C)cc(C)c2c1CC(=O)O. The van der Waals surface area contributed by atoms with Gasteiger partial charge in [0.25, 0.3) is 0 Å². The van der Waals surface area contributed by atoms with Crippen molar-refractivity contribution in [2.75, 3.05) is 7.11 Å². The number of carbonyl (C=O) groups is 1. The number of rotatable bonds is 3. The highest BCUT2D eigenvalue weighted by Crippen LogP contribution is 2.30. The van der Waals surface area contributed by atoms with E-state index in [1.165, 1.54) is 0 Å². The second kappa shape index (κ2) is 4.64. The maximum atomic E-state index is 11.0. The van der Waals surface area contributed by atoms with Crippen molar-refractivity contribution in [1.29, 1.82) is 0 Å². The molecule has 1 aromatic carbocycles. The Kier molecular flexibility index (Phi) is 3.19. The number of benzene rings is 1. The van der Waals surface area contributed by atoms with Gasteiger partial charge in [-0.3, -0.25) is 9.78 Å². The van der Waals surface area contributed by atoms with E-state index < -0.39 is 5.97 Å². The zero-order valence-electron chi connectivity index (χ0n) is 10.7. The highest BCUT2D eigenvalue weighted by Gasteiger charge is 2.14. The summed E-state index contributed by atoms with van der Waals surface area (Å²) in [5, 5.41) is 9.89. The van der Waals surface area contributed by atoms with Crippen LogP contribution in [0.25, 0.3) is 10.9 Å². The molecule has 0 fully saturated rings. The summed E-state index contributed by atoms with van der Waals surface area (Å²) in [5.41, 5.74) is 3.44. The van der Waals surface area contributed by atoms with Gasteiger partial charge in [-0.2, -0.15) is 0 Å². The minimum Gasteiger partial charge on any atom is -0.496 e. The van der Waals surface area contributed by atoms with Crippen molar-refractivity contribution in [2.45, 2.75) is 20.3 Å². The summed E-state index contributed by atoms with van der Waals surface area (Å²) in [6, 6.07) is 5.58. The highest BCUT2D eigenvalue weighted by atomic mass is 16.5. The van der Waals surface area contributed by atoms with Crippen molar-refractivity contribution in [3.63, 3.8) is 0 Å². The Hall–Kier alpha value is -2.10. The maximum absolute atomic E-state index is 11.0. The zero-order valence-corrected chi connectivity index (χ0v) is 10.7. The van der Waals surface area contributed by atoms with Crippen LogP contribution in [0.5, 0.6) is 5.75 Å². The van der Waals surface area contributed by atoms with Gasteiger partial charge in [0, 0.05) is 16.6 Å². The van der Waals surface area contributed by atoms with Crippen molar-refractivity contribution in [1.82, 2.24) is 4.98 Å². The first-order valence-corrected chi connectivity index (χ1v) is 5.68. The number of aliphatic carboxylic acids is 1. The number of hydrogen-bond acceptors (Lipinski definition) is 3. The number of carboxylic acid groups (broad SMARTS) is 1. The lowest BCUT2D eigenvalue weighted by molar-refractivity contribution is -0.136. The average molecular weight is 245 g/mol. The summed E-state index contributed by atoms with van der Waals surface area (Å²) in [7, 11) is 1.55. The van der Waals surface area contributed by atoms with Gasteiger partial charge in [-0.25, -0.2) is 0 Å². The first-order valence-electron chi connectivity index (χ1n) is 5.68. The molecule has 0 radical (unpaired) electrons. The molecule has 0 aliphatic carbocycles. The number of ether oxygens (including phenoxy) is 1. The van der Waals surface area contributed by atoms with Crippen molar-refractivity contribution in [3.05, 3.63) is 35.0 Å². The molecule has 18 heavy (non-hydrogen) atoms. The average Bonchev–Trinajstić information content (AvgIpc) is 2.27. The number of carboxylic acids is 1. The van der Waals surface area contributed by atoms with E-state index in [4.69, 9.17) is 9.84 Å². The lowest BCUT2D eigenvalue weighted by Gasteiger charge is -2.12. The molecule has 94 valence electrons. The minimum absolute atomic E-state index is 0.0634. The van der Waals surface area contributed by atoms with Gasteiger partial charge in [0.2, 0.25) is 0 Å². The van der Waals surface area contributed by atoms with Crippen molar-refractivity contribution in [3.8, 4) is 5.75 Å². The molecule has 0 amide bonds. The Morgan fingerprint density at radius 3 is 2.72 bits per heavy atom. The molecule has 0 bridgehead atoms. The molecule has 2 aromatic rings. The Morgan fingerprint density at radius 1 is 1.39 bits per heavy atom. The molecule has 0 aliphatic rings. The quantitative estimate of drug-likeness (QED) is 0.902. The van der Waals surface area contributed by atoms with E-state index in [0.29, 0.717) is 11.3 Å². The molecule has 4 heteroatoms. The third kappa shape index (κ3) is 2.14. The second-order valence-corrected chi connectivity index (χ2v) is 4.29. The Balaban J connectivity index is 2.79. The van der Waals surface area contributed by atoms with Crippen LogP contribution >= 0.6 is 0 Å². The molecule has 1 N–H and O–H groups in total. The number of fused-ring (bicyclic) bond motifs is 1. The zero-order chi connectivity index (χ0) is 13.3. The predicted octanol–water partition coefficient (Wildman–Crippen LogP) is 2.49. The summed E-state index contributed by atoms with van der Waals surface area (Å²) in [6.07, 6.45) is -0.0634. The van der Waals surface area contributed by atoms with Gasteiger partial charge in [-0.15, -0.1) is 0 Å². The molecule has 4 nitrogen and oxygen atoms in total. The Labute approximate surface area is 105 Å². The molecular weight excluding hydrogens is 230 g/mol. The fraction of sp³-hybridized carbons (Fsp3) is 0.286. The standard InChI is InChI=1S/C14H15NO3/c1-8-6-9(2)15-11-4-5-12(18-3)10(14(8)11)7-13(16)17/h4-6H,7H2,1-3H3,(H,16,17). The molecule has 0 atom stereocenters. The molecular formula is C14H15NO3. The number of hydrogen-bond donors (Lipinski definition) is 1. The van der Waals surface area contributed by atoms with Crippen LogP contribution in [0, 0.1) is 13.8 Å². The summed E-state index contributed by atoms with van der Waals surface area (Å²) in [4.78, 5) is 15.4. The van der Waals surface area contributed by atoms with E-state index in [1.807, 2.05) is 26.0 Å². The first-order chi connectivity index (χ1) is 8.52. The number of aromatic nitrogens is 1. The minimum atomic E-state index is -0.874. The number of methoxy groups -OCH3 is 1. The van der Waals surface area contributed by atoms with Gasteiger partial charge in [0.05, 0.1) is 19.0 Å². The summed E-state index contributed by atoms with van der Waals surface area (Å²) in [5.74, 6) is -0.278. The number of pyridine rings is 1. The van der Waals surface area contributed by atoms with Crippen LogP contribution in [-0.2, 0) is 11.2 Å². The molecule has 0 spiro atoms. The monoisotopic (exact) mass is 245 g/mol. The Morgan fingerprint density at radius 2 is 2.11 bits per heavy atom. The third-order valence-electron chi connectivity index (χ3n) is 2.91. The van der Waals surface area contributed by atoms with Gasteiger partial charge in [-0.05, 0) is 37.6 Å². The normalized spacial score (nSPS) is 10.6. The molecule has 2 rings (SSSR count). The lowest BCUT2D eigenvalue weighted by Crippen LogP contribution is -2.04.